The summed E-state index contributed by atoms with van der Waals surface area (Å²) in [6, 6.07) is 7.74. The third-order valence-electron chi connectivity index (χ3n) is 3.88. The van der Waals surface area contributed by atoms with Crippen LogP contribution >= 0.6 is 31.9 Å². The number of benzene rings is 1. The molecule has 0 heterocycles. The number of halogens is 2. The summed E-state index contributed by atoms with van der Waals surface area (Å²) in [5, 5.41) is 4.29. The first-order valence-electron chi connectivity index (χ1n) is 7.32. The van der Waals surface area contributed by atoms with E-state index in [1.807, 2.05) is 45.0 Å². The summed E-state index contributed by atoms with van der Waals surface area (Å²) in [6.45, 7) is 6.52. The predicted molar refractivity (Wildman–Crippen MR) is 95.9 cm³/mol. The van der Waals surface area contributed by atoms with Crippen molar-refractivity contribution in [2.45, 2.75) is 36.8 Å². The van der Waals surface area contributed by atoms with Gasteiger partial charge in [-0.3, -0.25) is 4.79 Å². The van der Waals surface area contributed by atoms with E-state index < -0.39 is 5.41 Å². The van der Waals surface area contributed by atoms with Gasteiger partial charge in [-0.2, -0.15) is 5.10 Å². The summed E-state index contributed by atoms with van der Waals surface area (Å²) < 4.78 is 5.12. The van der Waals surface area contributed by atoms with Crippen molar-refractivity contribution in [3.63, 3.8) is 0 Å². The molecule has 0 unspecified atom stereocenters. The second-order valence-corrected chi connectivity index (χ2v) is 9.30. The van der Waals surface area contributed by atoms with Gasteiger partial charge < -0.3 is 4.74 Å². The molecule has 0 saturated heterocycles. The average Bonchev–Trinajstić information content (AvgIpc) is 3.01. The Morgan fingerprint density at radius 1 is 1.32 bits per heavy atom. The lowest BCUT2D eigenvalue weighted by molar-refractivity contribution is -0.125. The molecule has 0 bridgehead atoms. The van der Waals surface area contributed by atoms with Crippen molar-refractivity contribution in [1.82, 2.24) is 5.43 Å². The lowest BCUT2D eigenvalue weighted by atomic mass is 10.1. The first-order valence-corrected chi connectivity index (χ1v) is 8.90. The monoisotopic (exact) mass is 430 g/mol. The minimum atomic E-state index is -0.464. The molecule has 0 aliphatic heterocycles. The van der Waals surface area contributed by atoms with Gasteiger partial charge in [-0.15, -0.1) is 0 Å². The third kappa shape index (κ3) is 3.54. The zero-order valence-electron chi connectivity index (χ0n) is 13.0. The summed E-state index contributed by atoms with van der Waals surface area (Å²) in [7, 11) is 0. The maximum absolute atomic E-state index is 12.2. The summed E-state index contributed by atoms with van der Waals surface area (Å²) in [4.78, 5) is 12.2. The van der Waals surface area contributed by atoms with E-state index in [2.05, 4.69) is 42.4 Å². The number of carbonyl (C=O) groups is 1. The first-order chi connectivity index (χ1) is 10.3. The van der Waals surface area contributed by atoms with Crippen LogP contribution in [0.25, 0.3) is 0 Å². The van der Waals surface area contributed by atoms with Gasteiger partial charge in [0.05, 0.1) is 21.0 Å². The number of nitrogens with zero attached hydrogens (tertiary/aromatic N) is 1. The summed E-state index contributed by atoms with van der Waals surface area (Å²) >= 11 is 6.99. The number of rotatable bonds is 6. The van der Waals surface area contributed by atoms with Crippen LogP contribution in [0.1, 0.15) is 39.2 Å². The highest BCUT2D eigenvalue weighted by Gasteiger charge is 2.66. The molecule has 120 valence electrons. The smallest absolute Gasteiger partial charge is 0.248 e. The SMILES string of the molecule is CCOc1ccc(C(CC)=NNC(=O)[C@@]2(C)CC2(Br)Br)cc1. The molecule has 0 radical (unpaired) electrons. The summed E-state index contributed by atoms with van der Waals surface area (Å²) in [5.74, 6) is 0.748. The van der Waals surface area contributed by atoms with Crippen LogP contribution in [0.2, 0.25) is 0 Å². The number of nitrogens with one attached hydrogen (secondary N) is 1. The summed E-state index contributed by atoms with van der Waals surface area (Å²) in [5.41, 5.74) is 4.05. The lowest BCUT2D eigenvalue weighted by Gasteiger charge is -2.11. The molecule has 0 aromatic heterocycles. The van der Waals surface area contributed by atoms with Gasteiger partial charge in [-0.25, -0.2) is 5.43 Å². The largest absolute Gasteiger partial charge is 0.494 e. The van der Waals surface area contributed by atoms with Crippen molar-refractivity contribution in [2.75, 3.05) is 6.61 Å². The fraction of sp³-hybridized carbons (Fsp3) is 0.500. The van der Waals surface area contributed by atoms with Crippen LogP contribution in [-0.2, 0) is 4.79 Å². The zero-order chi connectivity index (χ0) is 16.4. The van der Waals surface area contributed by atoms with Gasteiger partial charge in [-0.05, 0) is 56.5 Å². The summed E-state index contributed by atoms with van der Waals surface area (Å²) in [6.07, 6.45) is 1.48. The van der Waals surface area contributed by atoms with Crippen LogP contribution < -0.4 is 10.2 Å². The van der Waals surface area contributed by atoms with Crippen LogP contribution in [0.3, 0.4) is 0 Å². The van der Waals surface area contributed by atoms with E-state index in [0.717, 1.165) is 29.9 Å². The van der Waals surface area contributed by atoms with Crippen molar-refractivity contribution in [1.29, 1.82) is 0 Å². The molecule has 1 saturated carbocycles. The molecule has 2 rings (SSSR count). The lowest BCUT2D eigenvalue weighted by Crippen LogP contribution is -2.30. The second-order valence-electron chi connectivity index (χ2n) is 5.52. The third-order valence-corrected chi connectivity index (χ3v) is 6.20. The molecule has 1 fully saturated rings. The molecule has 1 aromatic rings. The van der Waals surface area contributed by atoms with Crippen molar-refractivity contribution in [3.8, 4) is 5.75 Å². The van der Waals surface area contributed by atoms with Crippen LogP contribution in [0.4, 0.5) is 0 Å². The highest BCUT2D eigenvalue weighted by Crippen LogP contribution is 2.66. The number of amides is 1. The Kier molecular flexibility index (Phi) is 5.33. The van der Waals surface area contributed by atoms with E-state index in [4.69, 9.17) is 4.74 Å². The quantitative estimate of drug-likeness (QED) is 0.416. The molecule has 1 aliphatic carbocycles. The molecule has 0 spiro atoms. The second kappa shape index (κ2) is 6.71. The molecule has 1 aliphatic rings. The Bertz CT molecular complexity index is 584. The number of hydrazone groups is 1. The van der Waals surface area contributed by atoms with Gasteiger partial charge >= 0.3 is 0 Å². The number of hydrogen-bond acceptors (Lipinski definition) is 3. The topological polar surface area (TPSA) is 50.7 Å². The Balaban J connectivity index is 2.06. The molecule has 22 heavy (non-hydrogen) atoms. The van der Waals surface area contributed by atoms with Crippen molar-refractivity contribution < 1.29 is 9.53 Å². The van der Waals surface area contributed by atoms with Gasteiger partial charge in [0.15, 0.2) is 0 Å². The fourth-order valence-corrected chi connectivity index (χ4v) is 3.63. The molecule has 6 heteroatoms. The Hall–Kier alpha value is -0.880. The average molecular weight is 432 g/mol. The van der Waals surface area contributed by atoms with Crippen LogP contribution in [-0.4, -0.2) is 21.5 Å². The molecule has 4 nitrogen and oxygen atoms in total. The maximum atomic E-state index is 12.2. The standard InChI is InChI=1S/C16H20Br2N2O2/c1-4-13(11-6-8-12(9-7-11)22-5-2)19-20-14(21)15(3)10-16(15,17)18/h6-9H,4-5,10H2,1-3H3,(H,20,21)/t15-/m1/s1. The predicted octanol–water partition coefficient (Wildman–Crippen LogP) is 4.21. The fourth-order valence-electron chi connectivity index (χ4n) is 2.15. The molecular formula is C16H20Br2N2O2. The van der Waals surface area contributed by atoms with Crippen LogP contribution in [0.15, 0.2) is 29.4 Å². The Morgan fingerprint density at radius 2 is 1.91 bits per heavy atom. The molecule has 1 N–H and O–H groups in total. The maximum Gasteiger partial charge on any atom is 0.248 e. The van der Waals surface area contributed by atoms with Gasteiger partial charge in [0.1, 0.15) is 5.75 Å². The molecule has 1 amide bonds. The number of carbonyl (C=O) groups excluding carboxylic acids is 1. The van der Waals surface area contributed by atoms with Gasteiger partial charge in [-0.1, -0.05) is 38.8 Å². The first kappa shape index (κ1) is 17.5. The molecule has 1 aromatic carbocycles. The van der Waals surface area contributed by atoms with Crippen molar-refractivity contribution in [3.05, 3.63) is 29.8 Å². The van der Waals surface area contributed by atoms with Gasteiger partial charge in [0, 0.05) is 0 Å². The van der Waals surface area contributed by atoms with E-state index in [9.17, 15) is 4.79 Å². The van der Waals surface area contributed by atoms with E-state index in [-0.39, 0.29) is 9.14 Å². The van der Waals surface area contributed by atoms with Crippen molar-refractivity contribution in [2.24, 2.45) is 10.5 Å². The minimum absolute atomic E-state index is 0.0851. The van der Waals surface area contributed by atoms with E-state index in [0.29, 0.717) is 6.61 Å². The number of ether oxygens (including phenoxy) is 1. The molecule has 1 atom stereocenters. The zero-order valence-corrected chi connectivity index (χ0v) is 16.1. The highest BCUT2D eigenvalue weighted by atomic mass is 79.9. The van der Waals surface area contributed by atoms with E-state index in [1.165, 1.54) is 0 Å². The Morgan fingerprint density at radius 3 is 2.36 bits per heavy atom. The normalized spacial score (nSPS) is 23.0. The van der Waals surface area contributed by atoms with Gasteiger partial charge in [0.2, 0.25) is 5.91 Å². The van der Waals surface area contributed by atoms with E-state index >= 15 is 0 Å². The number of alkyl halides is 2. The highest BCUT2D eigenvalue weighted by molar-refractivity contribution is 9.25. The number of hydrogen-bond donors (Lipinski definition) is 1. The molecular weight excluding hydrogens is 412 g/mol. The van der Waals surface area contributed by atoms with Crippen LogP contribution in [0.5, 0.6) is 5.75 Å². The van der Waals surface area contributed by atoms with Crippen molar-refractivity contribution >= 4 is 43.5 Å². The van der Waals surface area contributed by atoms with E-state index in [1.54, 1.807) is 0 Å². The Labute approximate surface area is 148 Å². The van der Waals surface area contributed by atoms with Gasteiger partial charge in [0.25, 0.3) is 0 Å². The minimum Gasteiger partial charge on any atom is -0.494 e. The van der Waals surface area contributed by atoms with Crippen LogP contribution in [0, 0.1) is 5.41 Å².